The SMILES string of the molecule is CC(C)(C)OC(=O)N1CCN(C(N)=NCc2ccc(NC(=O)c3ccco3)cc2)CC1.I. The van der Waals surface area contributed by atoms with E-state index in [1.54, 1.807) is 17.0 Å². The zero-order chi connectivity index (χ0) is 22.4. The highest BCUT2D eigenvalue weighted by molar-refractivity contribution is 14.0. The number of carbonyl (C=O) groups is 2. The van der Waals surface area contributed by atoms with Crippen LogP contribution in [0.3, 0.4) is 0 Å². The maximum Gasteiger partial charge on any atom is 0.410 e. The zero-order valence-corrected chi connectivity index (χ0v) is 20.9. The fraction of sp³-hybridized carbons (Fsp3) is 0.409. The number of rotatable bonds is 4. The third-order valence-electron chi connectivity index (χ3n) is 4.64. The maximum absolute atomic E-state index is 12.2. The Balaban J connectivity index is 0.00000363. The molecule has 2 aromatic rings. The largest absolute Gasteiger partial charge is 0.459 e. The molecule has 0 atom stereocenters. The zero-order valence-electron chi connectivity index (χ0n) is 18.5. The van der Waals surface area contributed by atoms with E-state index in [-0.39, 0.29) is 41.7 Å². The molecule has 1 aromatic carbocycles. The van der Waals surface area contributed by atoms with Crippen LogP contribution >= 0.6 is 24.0 Å². The molecule has 3 rings (SSSR count). The summed E-state index contributed by atoms with van der Waals surface area (Å²) in [6.45, 7) is 8.26. The predicted octanol–water partition coefficient (Wildman–Crippen LogP) is 3.52. The number of halogens is 1. The molecule has 0 radical (unpaired) electrons. The van der Waals surface area contributed by atoms with E-state index in [0.29, 0.717) is 44.4 Å². The lowest BCUT2D eigenvalue weighted by molar-refractivity contribution is 0.0186. The number of nitrogens with two attached hydrogens (primary N) is 1. The van der Waals surface area contributed by atoms with Crippen LogP contribution in [0, 0.1) is 0 Å². The molecule has 2 heterocycles. The van der Waals surface area contributed by atoms with Crippen LogP contribution in [0.2, 0.25) is 0 Å². The van der Waals surface area contributed by atoms with E-state index in [0.717, 1.165) is 5.56 Å². The van der Waals surface area contributed by atoms with Crippen LogP contribution < -0.4 is 11.1 Å². The van der Waals surface area contributed by atoms with Gasteiger partial charge in [-0.25, -0.2) is 9.79 Å². The maximum atomic E-state index is 12.2. The van der Waals surface area contributed by atoms with Crippen molar-refractivity contribution in [3.8, 4) is 0 Å². The van der Waals surface area contributed by atoms with Crippen LogP contribution in [0.1, 0.15) is 36.9 Å². The molecule has 1 fully saturated rings. The Bertz CT molecular complexity index is 915. The number of benzene rings is 1. The number of guanidine groups is 1. The molecular formula is C22H30IN5O4. The van der Waals surface area contributed by atoms with Crippen molar-refractivity contribution in [2.24, 2.45) is 10.7 Å². The fourth-order valence-corrected chi connectivity index (χ4v) is 3.01. The van der Waals surface area contributed by atoms with Crippen molar-refractivity contribution in [2.75, 3.05) is 31.5 Å². The smallest absolute Gasteiger partial charge is 0.410 e. The van der Waals surface area contributed by atoms with Crippen LogP contribution in [0.25, 0.3) is 0 Å². The number of hydrogen-bond donors (Lipinski definition) is 2. The monoisotopic (exact) mass is 555 g/mol. The Morgan fingerprint density at radius 1 is 1.09 bits per heavy atom. The third-order valence-corrected chi connectivity index (χ3v) is 4.64. The summed E-state index contributed by atoms with van der Waals surface area (Å²) in [6, 6.07) is 10.7. The van der Waals surface area contributed by atoms with Crippen LogP contribution in [-0.4, -0.2) is 59.5 Å². The normalized spacial score (nSPS) is 14.5. The number of nitrogens with one attached hydrogen (secondary N) is 1. The van der Waals surface area contributed by atoms with E-state index in [9.17, 15) is 9.59 Å². The van der Waals surface area contributed by atoms with E-state index >= 15 is 0 Å². The van der Waals surface area contributed by atoms with Gasteiger partial charge in [0.25, 0.3) is 5.91 Å². The number of hydrogen-bond acceptors (Lipinski definition) is 5. The minimum Gasteiger partial charge on any atom is -0.459 e. The molecular weight excluding hydrogens is 525 g/mol. The third kappa shape index (κ3) is 7.43. The molecule has 0 unspecified atom stereocenters. The van der Waals surface area contributed by atoms with E-state index in [4.69, 9.17) is 14.9 Å². The van der Waals surface area contributed by atoms with Gasteiger partial charge in [-0.1, -0.05) is 12.1 Å². The molecule has 1 aliphatic rings. The van der Waals surface area contributed by atoms with Crippen LogP contribution in [-0.2, 0) is 11.3 Å². The Kier molecular flexibility index (Phi) is 8.93. The first-order chi connectivity index (χ1) is 14.7. The summed E-state index contributed by atoms with van der Waals surface area (Å²) in [7, 11) is 0. The molecule has 3 N–H and O–H groups in total. The molecule has 174 valence electrons. The highest BCUT2D eigenvalue weighted by Gasteiger charge is 2.26. The Morgan fingerprint density at radius 3 is 2.28 bits per heavy atom. The molecule has 0 aliphatic carbocycles. The first-order valence-electron chi connectivity index (χ1n) is 10.2. The second-order valence-corrected chi connectivity index (χ2v) is 8.26. The van der Waals surface area contributed by atoms with Gasteiger partial charge in [0.15, 0.2) is 11.7 Å². The standard InChI is InChI=1S/C22H29N5O4.HI/c1-22(2,3)31-21(29)27-12-10-26(11-13-27)20(23)24-15-16-6-8-17(9-7-16)25-19(28)18-5-4-14-30-18;/h4-9,14H,10-13,15H2,1-3H3,(H2,23,24)(H,25,28);1H. The van der Waals surface area contributed by atoms with Crippen LogP contribution in [0.15, 0.2) is 52.1 Å². The van der Waals surface area contributed by atoms with Gasteiger partial charge in [0, 0.05) is 31.9 Å². The van der Waals surface area contributed by atoms with Crippen molar-refractivity contribution in [3.63, 3.8) is 0 Å². The molecule has 0 spiro atoms. The number of piperazine rings is 1. The number of anilines is 1. The van der Waals surface area contributed by atoms with Gasteiger partial charge in [-0.15, -0.1) is 24.0 Å². The van der Waals surface area contributed by atoms with Gasteiger partial charge in [-0.2, -0.15) is 0 Å². The fourth-order valence-electron chi connectivity index (χ4n) is 3.01. The molecule has 0 saturated carbocycles. The van der Waals surface area contributed by atoms with Crippen molar-refractivity contribution >= 4 is 47.6 Å². The number of ether oxygens (including phenoxy) is 1. The quantitative estimate of drug-likeness (QED) is 0.339. The van der Waals surface area contributed by atoms with Crippen LogP contribution in [0.5, 0.6) is 0 Å². The molecule has 1 aromatic heterocycles. The summed E-state index contributed by atoms with van der Waals surface area (Å²) < 4.78 is 10.5. The van der Waals surface area contributed by atoms with Gasteiger partial charge >= 0.3 is 6.09 Å². The minimum atomic E-state index is -0.508. The summed E-state index contributed by atoms with van der Waals surface area (Å²) in [5, 5.41) is 2.77. The van der Waals surface area contributed by atoms with Crippen molar-refractivity contribution in [1.82, 2.24) is 9.80 Å². The van der Waals surface area contributed by atoms with Gasteiger partial charge < -0.3 is 30.0 Å². The molecule has 0 bridgehead atoms. The van der Waals surface area contributed by atoms with Crippen molar-refractivity contribution < 1.29 is 18.7 Å². The molecule has 32 heavy (non-hydrogen) atoms. The first kappa shape index (κ1) is 25.5. The lowest BCUT2D eigenvalue weighted by Crippen LogP contribution is -2.53. The van der Waals surface area contributed by atoms with E-state index in [1.807, 2.05) is 49.9 Å². The van der Waals surface area contributed by atoms with Gasteiger partial charge in [0.1, 0.15) is 5.60 Å². The lowest BCUT2D eigenvalue weighted by atomic mass is 10.2. The Hall–Kier alpha value is -2.76. The topological polar surface area (TPSA) is 113 Å². The first-order valence-corrected chi connectivity index (χ1v) is 10.2. The van der Waals surface area contributed by atoms with E-state index in [2.05, 4.69) is 10.3 Å². The van der Waals surface area contributed by atoms with E-state index in [1.165, 1.54) is 6.26 Å². The highest BCUT2D eigenvalue weighted by atomic mass is 127. The molecule has 10 heteroatoms. The highest BCUT2D eigenvalue weighted by Crippen LogP contribution is 2.14. The summed E-state index contributed by atoms with van der Waals surface area (Å²) in [5.74, 6) is 0.401. The van der Waals surface area contributed by atoms with Crippen molar-refractivity contribution in [2.45, 2.75) is 32.9 Å². The Labute approximate surface area is 205 Å². The summed E-state index contributed by atoms with van der Waals surface area (Å²) >= 11 is 0. The summed E-state index contributed by atoms with van der Waals surface area (Å²) in [4.78, 5) is 32.3. The number of nitrogens with zero attached hydrogens (tertiary/aromatic N) is 3. The number of furan rings is 1. The average molecular weight is 555 g/mol. The minimum absolute atomic E-state index is 0. The van der Waals surface area contributed by atoms with Crippen molar-refractivity contribution in [1.29, 1.82) is 0 Å². The lowest BCUT2D eigenvalue weighted by Gasteiger charge is -2.36. The van der Waals surface area contributed by atoms with Crippen molar-refractivity contribution in [3.05, 3.63) is 54.0 Å². The summed E-state index contributed by atoms with van der Waals surface area (Å²) in [6.07, 6.45) is 1.15. The second kappa shape index (κ2) is 11.2. The molecule has 2 amide bonds. The molecule has 9 nitrogen and oxygen atoms in total. The second-order valence-electron chi connectivity index (χ2n) is 8.26. The summed E-state index contributed by atoms with van der Waals surface area (Å²) in [5.41, 5.74) is 7.27. The number of aliphatic imine (C=N–C) groups is 1. The number of carbonyl (C=O) groups excluding carboxylic acids is 2. The molecule has 1 saturated heterocycles. The van der Waals surface area contributed by atoms with Gasteiger partial charge in [0.2, 0.25) is 0 Å². The van der Waals surface area contributed by atoms with Gasteiger partial charge in [-0.3, -0.25) is 4.79 Å². The van der Waals surface area contributed by atoms with E-state index < -0.39 is 5.60 Å². The predicted molar refractivity (Wildman–Crippen MR) is 133 cm³/mol. The number of amides is 2. The van der Waals surface area contributed by atoms with Crippen LogP contribution in [0.4, 0.5) is 10.5 Å². The molecule has 1 aliphatic heterocycles. The Morgan fingerprint density at radius 2 is 1.72 bits per heavy atom. The van der Waals surface area contributed by atoms with Gasteiger partial charge in [-0.05, 0) is 50.6 Å². The average Bonchev–Trinajstić information content (AvgIpc) is 3.27. The van der Waals surface area contributed by atoms with Gasteiger partial charge in [0.05, 0.1) is 12.8 Å².